The topological polar surface area (TPSA) is 74.0 Å². The van der Waals surface area contributed by atoms with Crippen LogP contribution >= 0.6 is 0 Å². The lowest BCUT2D eigenvalue weighted by Gasteiger charge is -2.01. The summed E-state index contributed by atoms with van der Waals surface area (Å²) in [5.41, 5.74) is 0.0119. The fourth-order valence-corrected chi connectivity index (χ4v) is 0.981. The molecule has 86 valence electrons. The molecular weight excluding hydrogens is 212 g/mol. The van der Waals surface area contributed by atoms with Gasteiger partial charge >= 0.3 is 0 Å². The molecule has 0 aliphatic carbocycles. The molecule has 16 heavy (non-hydrogen) atoms. The quantitative estimate of drug-likeness (QED) is 0.340. The molecule has 6 heteroatoms. The first-order valence-electron chi connectivity index (χ1n) is 4.72. The van der Waals surface area contributed by atoms with E-state index in [1.54, 1.807) is 6.92 Å². The molecule has 0 saturated heterocycles. The molecule has 1 rings (SSSR count). The van der Waals surface area contributed by atoms with Gasteiger partial charge in [-0.2, -0.15) is 0 Å². The number of oxime groups is 1. The largest absolute Gasteiger partial charge is 0.479 e. The molecule has 0 spiro atoms. The standard InChI is InChI=1S/C10H12N2O4/c1-3-15-8(2)11-16-10-6-4-9(5-7-10)12(13)14/h4-7H,3H2,1-2H3/b11-8-. The number of benzene rings is 1. The highest BCUT2D eigenvalue weighted by Crippen LogP contribution is 2.17. The van der Waals surface area contributed by atoms with Crippen LogP contribution in [0.2, 0.25) is 0 Å². The minimum absolute atomic E-state index is 0.0119. The van der Waals surface area contributed by atoms with Crippen molar-refractivity contribution < 1.29 is 14.5 Å². The van der Waals surface area contributed by atoms with E-state index in [-0.39, 0.29) is 5.69 Å². The molecule has 0 fully saturated rings. The molecule has 0 radical (unpaired) electrons. The van der Waals surface area contributed by atoms with Gasteiger partial charge < -0.3 is 9.57 Å². The Morgan fingerprint density at radius 2 is 2.06 bits per heavy atom. The van der Waals surface area contributed by atoms with Gasteiger partial charge in [0.1, 0.15) is 0 Å². The molecule has 0 aliphatic rings. The number of hydrogen-bond acceptors (Lipinski definition) is 5. The van der Waals surface area contributed by atoms with Gasteiger partial charge in [0.05, 0.1) is 11.5 Å². The Labute approximate surface area is 92.6 Å². The van der Waals surface area contributed by atoms with Gasteiger partial charge in [-0.3, -0.25) is 10.1 Å². The van der Waals surface area contributed by atoms with Crippen molar-refractivity contribution in [2.75, 3.05) is 6.61 Å². The van der Waals surface area contributed by atoms with Crippen molar-refractivity contribution >= 4 is 11.6 Å². The number of hydrogen-bond donors (Lipinski definition) is 0. The zero-order valence-corrected chi connectivity index (χ0v) is 9.04. The van der Waals surface area contributed by atoms with Crippen molar-refractivity contribution in [3.63, 3.8) is 0 Å². The zero-order chi connectivity index (χ0) is 12.0. The average Bonchev–Trinajstić information content (AvgIpc) is 2.27. The van der Waals surface area contributed by atoms with Crippen LogP contribution in [0.25, 0.3) is 0 Å². The highest BCUT2D eigenvalue weighted by atomic mass is 16.6. The summed E-state index contributed by atoms with van der Waals surface area (Å²) >= 11 is 0. The number of rotatable bonds is 4. The van der Waals surface area contributed by atoms with Gasteiger partial charge in [-0.25, -0.2) is 0 Å². The Balaban J connectivity index is 2.62. The highest BCUT2D eigenvalue weighted by molar-refractivity contribution is 5.72. The second kappa shape index (κ2) is 5.69. The summed E-state index contributed by atoms with van der Waals surface area (Å²) in [5.74, 6) is 0.825. The van der Waals surface area contributed by atoms with Gasteiger partial charge in [0.15, 0.2) is 5.75 Å². The van der Waals surface area contributed by atoms with E-state index in [1.165, 1.54) is 24.3 Å². The van der Waals surface area contributed by atoms with Gasteiger partial charge in [0, 0.05) is 19.1 Å². The minimum atomic E-state index is -0.474. The Bertz CT molecular complexity index is 386. The van der Waals surface area contributed by atoms with Gasteiger partial charge in [0.2, 0.25) is 5.90 Å². The van der Waals surface area contributed by atoms with Crippen LogP contribution in [-0.4, -0.2) is 17.4 Å². The average molecular weight is 224 g/mol. The van der Waals surface area contributed by atoms with Gasteiger partial charge in [-0.15, -0.1) is 0 Å². The van der Waals surface area contributed by atoms with Crippen molar-refractivity contribution in [3.05, 3.63) is 34.4 Å². The van der Waals surface area contributed by atoms with Gasteiger partial charge in [0.25, 0.3) is 5.69 Å². The van der Waals surface area contributed by atoms with E-state index in [4.69, 9.17) is 9.57 Å². The second-order valence-electron chi connectivity index (χ2n) is 2.89. The monoisotopic (exact) mass is 224 g/mol. The molecule has 0 N–H and O–H groups in total. The molecule has 0 amide bonds. The maximum absolute atomic E-state index is 10.4. The first-order valence-corrected chi connectivity index (χ1v) is 4.72. The van der Waals surface area contributed by atoms with Crippen LogP contribution in [0.5, 0.6) is 5.75 Å². The summed E-state index contributed by atoms with van der Waals surface area (Å²) in [6.07, 6.45) is 0. The molecule has 0 bridgehead atoms. The molecule has 0 heterocycles. The number of nitro groups is 1. The summed E-state index contributed by atoms with van der Waals surface area (Å²) in [6, 6.07) is 5.64. The molecule has 0 aromatic heterocycles. The highest BCUT2D eigenvalue weighted by Gasteiger charge is 2.04. The maximum atomic E-state index is 10.4. The van der Waals surface area contributed by atoms with Crippen LogP contribution in [0, 0.1) is 10.1 Å². The van der Waals surface area contributed by atoms with E-state index in [2.05, 4.69) is 5.16 Å². The van der Waals surface area contributed by atoms with E-state index < -0.39 is 4.92 Å². The van der Waals surface area contributed by atoms with Crippen LogP contribution in [0.15, 0.2) is 29.4 Å². The second-order valence-corrected chi connectivity index (χ2v) is 2.89. The predicted molar refractivity (Wildman–Crippen MR) is 58.5 cm³/mol. The van der Waals surface area contributed by atoms with E-state index in [1.807, 2.05) is 6.92 Å². The molecule has 1 aromatic carbocycles. The SMILES string of the molecule is CCO/C(C)=N\Oc1ccc([N+](=O)[O-])cc1. The van der Waals surface area contributed by atoms with Crippen LogP contribution in [0.3, 0.4) is 0 Å². The zero-order valence-electron chi connectivity index (χ0n) is 9.04. The van der Waals surface area contributed by atoms with Crippen LogP contribution in [-0.2, 0) is 4.74 Å². The minimum Gasteiger partial charge on any atom is -0.479 e. The Hall–Kier alpha value is -2.11. The van der Waals surface area contributed by atoms with Crippen molar-refractivity contribution in [2.24, 2.45) is 5.16 Å². The third-order valence-corrected chi connectivity index (χ3v) is 1.68. The lowest BCUT2D eigenvalue weighted by Crippen LogP contribution is -2.00. The first kappa shape index (κ1) is 12.0. The molecular formula is C10H12N2O4. The predicted octanol–water partition coefficient (Wildman–Crippen LogP) is 2.34. The smallest absolute Gasteiger partial charge is 0.269 e. The van der Waals surface area contributed by atoms with E-state index >= 15 is 0 Å². The molecule has 0 atom stereocenters. The summed E-state index contributed by atoms with van der Waals surface area (Å²) in [4.78, 5) is 14.9. The third kappa shape index (κ3) is 3.56. The van der Waals surface area contributed by atoms with Crippen molar-refractivity contribution in [3.8, 4) is 5.75 Å². The fraction of sp³-hybridized carbons (Fsp3) is 0.300. The molecule has 0 saturated carbocycles. The number of nitro benzene ring substituents is 1. The van der Waals surface area contributed by atoms with Crippen LogP contribution < -0.4 is 4.84 Å². The summed E-state index contributed by atoms with van der Waals surface area (Å²) in [6.45, 7) is 4.01. The summed E-state index contributed by atoms with van der Waals surface area (Å²) in [5, 5.41) is 14.1. The Morgan fingerprint density at radius 3 is 2.56 bits per heavy atom. The van der Waals surface area contributed by atoms with Crippen LogP contribution in [0.1, 0.15) is 13.8 Å². The van der Waals surface area contributed by atoms with Crippen molar-refractivity contribution in [1.82, 2.24) is 0 Å². The third-order valence-electron chi connectivity index (χ3n) is 1.68. The maximum Gasteiger partial charge on any atom is 0.269 e. The van der Waals surface area contributed by atoms with Crippen molar-refractivity contribution in [2.45, 2.75) is 13.8 Å². The normalized spacial score (nSPS) is 11.0. The summed E-state index contributed by atoms with van der Waals surface area (Å²) < 4.78 is 5.04. The number of ether oxygens (including phenoxy) is 1. The fourth-order valence-electron chi connectivity index (χ4n) is 0.981. The first-order chi connectivity index (χ1) is 7.63. The molecule has 6 nitrogen and oxygen atoms in total. The lowest BCUT2D eigenvalue weighted by molar-refractivity contribution is -0.384. The lowest BCUT2D eigenvalue weighted by atomic mass is 10.3. The van der Waals surface area contributed by atoms with Gasteiger partial charge in [-0.05, 0) is 24.2 Å². The number of nitrogens with zero attached hydrogens (tertiary/aromatic N) is 2. The van der Waals surface area contributed by atoms with Crippen LogP contribution in [0.4, 0.5) is 5.69 Å². The molecule has 0 aliphatic heterocycles. The Morgan fingerprint density at radius 1 is 1.44 bits per heavy atom. The van der Waals surface area contributed by atoms with Gasteiger partial charge in [-0.1, -0.05) is 0 Å². The van der Waals surface area contributed by atoms with E-state index in [9.17, 15) is 10.1 Å². The Kier molecular flexibility index (Phi) is 4.26. The molecule has 0 unspecified atom stereocenters. The van der Waals surface area contributed by atoms with Crippen molar-refractivity contribution in [1.29, 1.82) is 0 Å². The molecule has 1 aromatic rings. The van der Waals surface area contributed by atoms with E-state index in [0.717, 1.165) is 0 Å². The summed E-state index contributed by atoms with van der Waals surface area (Å²) in [7, 11) is 0. The van der Waals surface area contributed by atoms with E-state index in [0.29, 0.717) is 18.3 Å². The number of non-ortho nitro benzene ring substituents is 1.